The van der Waals surface area contributed by atoms with Crippen LogP contribution in [0.2, 0.25) is 5.02 Å². The van der Waals surface area contributed by atoms with E-state index in [2.05, 4.69) is 10.3 Å². The molecule has 1 aliphatic heterocycles. The highest BCUT2D eigenvalue weighted by Gasteiger charge is 2.49. The molecular formula is C36H25ClF2N4O3. The molecule has 2 heterocycles. The van der Waals surface area contributed by atoms with Crippen molar-refractivity contribution in [2.75, 3.05) is 6.54 Å². The van der Waals surface area contributed by atoms with Crippen molar-refractivity contribution in [1.29, 1.82) is 0 Å². The number of carbonyl (C=O) groups excluding carboxylic acids is 2. The van der Waals surface area contributed by atoms with Crippen LogP contribution in [-0.2, 0) is 15.0 Å². The minimum Gasteiger partial charge on any atom is -0.453 e. The molecule has 3 N–H and O–H groups in total. The number of nitrogens with zero attached hydrogens (tertiary/aromatic N) is 2. The number of aromatic nitrogens is 1. The molecule has 1 amide bonds. The maximum atomic E-state index is 15.6. The number of nitrogens with one attached hydrogen (secondary N) is 1. The van der Waals surface area contributed by atoms with E-state index in [0.717, 1.165) is 17.2 Å². The summed E-state index contributed by atoms with van der Waals surface area (Å²) in [6.45, 7) is -0.200. The zero-order valence-electron chi connectivity index (χ0n) is 24.1. The minimum atomic E-state index is -1.93. The van der Waals surface area contributed by atoms with Gasteiger partial charge in [0.25, 0.3) is 0 Å². The van der Waals surface area contributed by atoms with Crippen LogP contribution in [0, 0.1) is 11.6 Å². The molecule has 1 aliphatic rings. The Morgan fingerprint density at radius 1 is 0.891 bits per heavy atom. The van der Waals surface area contributed by atoms with Crippen molar-refractivity contribution < 1.29 is 23.1 Å². The second kappa shape index (κ2) is 12.7. The number of primary amides is 1. The highest BCUT2D eigenvalue weighted by Crippen LogP contribution is 2.39. The number of aliphatic imine (C=N–C) groups is 1. The third kappa shape index (κ3) is 5.76. The van der Waals surface area contributed by atoms with Crippen LogP contribution in [0.1, 0.15) is 22.3 Å². The monoisotopic (exact) mass is 634 g/mol. The smallest absolute Gasteiger partial charge is 0.237 e. The van der Waals surface area contributed by atoms with Crippen molar-refractivity contribution >= 4 is 40.4 Å². The molecule has 7 nitrogen and oxygen atoms in total. The Hall–Kier alpha value is -5.67. The second-order valence-electron chi connectivity index (χ2n) is 10.4. The number of hydrogen-bond donors (Lipinski definition) is 2. The van der Waals surface area contributed by atoms with Crippen LogP contribution in [0.3, 0.4) is 0 Å². The fourth-order valence-corrected chi connectivity index (χ4v) is 5.43. The first kappa shape index (κ1) is 30.4. The summed E-state index contributed by atoms with van der Waals surface area (Å²) < 4.78 is 35.0. The van der Waals surface area contributed by atoms with Crippen LogP contribution in [0.4, 0.5) is 14.6 Å². The molecule has 0 saturated heterocycles. The average molecular weight is 635 g/mol. The molecule has 0 saturated carbocycles. The van der Waals surface area contributed by atoms with Gasteiger partial charge in [-0.15, -0.1) is 0 Å². The van der Waals surface area contributed by atoms with E-state index in [4.69, 9.17) is 27.1 Å². The fourth-order valence-electron chi connectivity index (χ4n) is 5.23. The third-order valence-electron chi connectivity index (χ3n) is 7.61. The predicted octanol–water partition coefficient (Wildman–Crippen LogP) is 6.91. The number of allylic oxidation sites excluding steroid dienone is 1. The zero-order chi connectivity index (χ0) is 32.3. The van der Waals surface area contributed by atoms with Gasteiger partial charge in [0.05, 0.1) is 5.71 Å². The molecule has 0 aliphatic carbocycles. The maximum absolute atomic E-state index is 15.6. The molecule has 6 rings (SSSR count). The first-order valence-corrected chi connectivity index (χ1v) is 14.5. The largest absolute Gasteiger partial charge is 0.453 e. The number of carbonyl (C=O) groups is 2. The summed E-state index contributed by atoms with van der Waals surface area (Å²) in [5.74, 6) is -2.95. The van der Waals surface area contributed by atoms with Crippen molar-refractivity contribution in [3.05, 3.63) is 161 Å². The lowest BCUT2D eigenvalue weighted by molar-refractivity contribution is -0.131. The van der Waals surface area contributed by atoms with E-state index in [9.17, 15) is 14.0 Å². The summed E-state index contributed by atoms with van der Waals surface area (Å²) in [5.41, 5.74) is 6.66. The Morgan fingerprint density at radius 2 is 1.54 bits per heavy atom. The van der Waals surface area contributed by atoms with Gasteiger partial charge in [0, 0.05) is 41.7 Å². The van der Waals surface area contributed by atoms with Crippen LogP contribution < -0.4 is 15.8 Å². The van der Waals surface area contributed by atoms with Gasteiger partial charge >= 0.3 is 0 Å². The molecule has 228 valence electrons. The van der Waals surface area contributed by atoms with Gasteiger partial charge in [0.15, 0.2) is 34.3 Å². The van der Waals surface area contributed by atoms with Gasteiger partial charge < -0.3 is 15.8 Å². The van der Waals surface area contributed by atoms with E-state index < -0.39 is 28.7 Å². The summed E-state index contributed by atoms with van der Waals surface area (Å²) in [7, 11) is 0. The van der Waals surface area contributed by atoms with E-state index >= 15 is 4.39 Å². The molecule has 0 radical (unpaired) electrons. The number of ketones is 1. The minimum absolute atomic E-state index is 0.0246. The van der Waals surface area contributed by atoms with Crippen molar-refractivity contribution in [3.8, 4) is 11.5 Å². The number of nitrogens with two attached hydrogens (primary N) is 1. The Morgan fingerprint density at radius 3 is 2.15 bits per heavy atom. The number of rotatable bonds is 8. The number of halogens is 3. The van der Waals surface area contributed by atoms with Crippen molar-refractivity contribution in [2.24, 2.45) is 10.7 Å². The molecule has 0 fully saturated rings. The first-order valence-electron chi connectivity index (χ1n) is 14.1. The zero-order valence-corrected chi connectivity index (χ0v) is 24.8. The standard InChI is InChI=1S/C36H25ClF2N4O3/c37-31-30(17-18-42-34(31)43-32(23-7-3-1-4-8-23)24-9-5-2-6-10-24)46-29-16-13-25(19-28(29)39)36(35(40)45)21-41-20-27(33(36)44)22-11-14-26(38)15-12-22/h1-20,41H,21H2,(H2,40,45). The Kier molecular flexibility index (Phi) is 8.41. The molecule has 46 heavy (non-hydrogen) atoms. The molecule has 5 aromatic rings. The van der Waals surface area contributed by atoms with Crippen molar-refractivity contribution in [1.82, 2.24) is 10.3 Å². The van der Waals surface area contributed by atoms with E-state index in [1.165, 1.54) is 54.9 Å². The lowest BCUT2D eigenvalue weighted by atomic mass is 9.71. The number of Topliss-reactive ketones (excluding diaryl/α,β-unsaturated/α-hetero) is 1. The average Bonchev–Trinajstić information content (AvgIpc) is 3.07. The number of pyridine rings is 1. The topological polar surface area (TPSA) is 107 Å². The Balaban J connectivity index is 1.33. The molecule has 0 bridgehead atoms. The van der Waals surface area contributed by atoms with Crippen molar-refractivity contribution in [2.45, 2.75) is 5.41 Å². The molecule has 1 aromatic heterocycles. The summed E-state index contributed by atoms with van der Waals surface area (Å²) in [6, 6.07) is 29.5. The van der Waals surface area contributed by atoms with Gasteiger partial charge in [-0.3, -0.25) is 9.59 Å². The summed E-state index contributed by atoms with van der Waals surface area (Å²) >= 11 is 6.69. The summed E-state index contributed by atoms with van der Waals surface area (Å²) in [4.78, 5) is 35.7. The first-order chi connectivity index (χ1) is 22.3. The van der Waals surface area contributed by atoms with E-state index in [0.29, 0.717) is 11.3 Å². The van der Waals surface area contributed by atoms with Gasteiger partial charge in [-0.2, -0.15) is 0 Å². The highest BCUT2D eigenvalue weighted by atomic mass is 35.5. The molecule has 1 atom stereocenters. The van der Waals surface area contributed by atoms with Gasteiger partial charge in [0.1, 0.15) is 10.8 Å². The molecule has 10 heteroatoms. The fraction of sp³-hybridized carbons (Fsp3) is 0.0556. The lowest BCUT2D eigenvalue weighted by Gasteiger charge is -2.34. The molecule has 4 aromatic carbocycles. The molecular weight excluding hydrogens is 610 g/mol. The quantitative estimate of drug-likeness (QED) is 0.142. The van der Waals surface area contributed by atoms with Crippen molar-refractivity contribution in [3.63, 3.8) is 0 Å². The van der Waals surface area contributed by atoms with Gasteiger partial charge in [-0.1, -0.05) is 90.5 Å². The van der Waals surface area contributed by atoms with E-state index in [-0.39, 0.29) is 40.0 Å². The van der Waals surface area contributed by atoms with Gasteiger partial charge in [-0.05, 0) is 35.4 Å². The van der Waals surface area contributed by atoms with Crippen LogP contribution >= 0.6 is 11.6 Å². The number of benzene rings is 4. The predicted molar refractivity (Wildman–Crippen MR) is 172 cm³/mol. The number of hydrogen-bond acceptors (Lipinski definition) is 6. The molecule has 1 unspecified atom stereocenters. The second-order valence-corrected chi connectivity index (χ2v) is 10.8. The SMILES string of the molecule is NC(=O)C1(c2ccc(Oc3ccnc(N=C(c4ccccc4)c4ccccc4)c3Cl)c(F)c2)CNC=C(c2ccc(F)cc2)C1=O. The van der Waals surface area contributed by atoms with Gasteiger partial charge in [0.2, 0.25) is 5.91 Å². The number of amides is 1. The van der Waals surface area contributed by atoms with Crippen LogP contribution in [-0.4, -0.2) is 28.9 Å². The lowest BCUT2D eigenvalue weighted by Crippen LogP contribution is -2.56. The normalized spacial score (nSPS) is 15.8. The summed E-state index contributed by atoms with van der Waals surface area (Å²) in [5, 5.41) is 2.95. The van der Waals surface area contributed by atoms with E-state index in [1.54, 1.807) is 0 Å². The Labute approximate surface area is 268 Å². The highest BCUT2D eigenvalue weighted by molar-refractivity contribution is 6.34. The maximum Gasteiger partial charge on any atom is 0.237 e. The third-order valence-corrected chi connectivity index (χ3v) is 7.97. The Bertz CT molecular complexity index is 1960. The van der Waals surface area contributed by atoms with Crippen LogP contribution in [0.25, 0.3) is 5.57 Å². The number of ether oxygens (including phenoxy) is 1. The van der Waals surface area contributed by atoms with Gasteiger partial charge in [-0.25, -0.2) is 18.8 Å². The molecule has 0 spiro atoms. The van der Waals surface area contributed by atoms with Crippen LogP contribution in [0.5, 0.6) is 11.5 Å². The van der Waals surface area contributed by atoms with Crippen LogP contribution in [0.15, 0.2) is 127 Å². The van der Waals surface area contributed by atoms with E-state index in [1.807, 2.05) is 60.7 Å². The summed E-state index contributed by atoms with van der Waals surface area (Å²) in [6.07, 6.45) is 2.87.